The molecule has 1 aromatic carbocycles. The molecule has 2 N–H and O–H groups in total. The summed E-state index contributed by atoms with van der Waals surface area (Å²) in [4.78, 5) is 16.3. The van der Waals surface area contributed by atoms with Crippen LogP contribution in [-0.4, -0.2) is 43.0 Å². The van der Waals surface area contributed by atoms with E-state index in [-0.39, 0.29) is 6.03 Å². The predicted octanol–water partition coefficient (Wildman–Crippen LogP) is 2.74. The standard InChI is InChI=1S/C17H24N4O3/c1-4-8-18-17(22)20-16-19-12-15(21(16)9-10-23-2)13-6-5-7-14(11-13)24-3/h5-7,11-12H,4,8-10H2,1-3H3,(H2,18,19,20,22). The maximum absolute atomic E-state index is 11.9. The summed E-state index contributed by atoms with van der Waals surface area (Å²) in [7, 11) is 3.27. The number of urea groups is 1. The molecule has 2 aromatic rings. The Kier molecular flexibility index (Phi) is 6.62. The molecule has 0 unspecified atom stereocenters. The van der Waals surface area contributed by atoms with Gasteiger partial charge in [-0.1, -0.05) is 19.1 Å². The molecule has 7 nitrogen and oxygen atoms in total. The minimum atomic E-state index is -0.265. The Balaban J connectivity index is 2.28. The number of methoxy groups -OCH3 is 2. The first-order chi connectivity index (χ1) is 11.7. The molecule has 2 amide bonds. The fourth-order valence-electron chi connectivity index (χ4n) is 2.28. The van der Waals surface area contributed by atoms with E-state index in [9.17, 15) is 4.79 Å². The average Bonchev–Trinajstić information content (AvgIpc) is 3.00. The van der Waals surface area contributed by atoms with Crippen molar-refractivity contribution in [1.29, 1.82) is 0 Å². The van der Waals surface area contributed by atoms with Crippen LogP contribution in [0.4, 0.5) is 10.7 Å². The van der Waals surface area contributed by atoms with Gasteiger partial charge in [0.1, 0.15) is 5.75 Å². The van der Waals surface area contributed by atoms with Crippen LogP contribution in [-0.2, 0) is 11.3 Å². The highest BCUT2D eigenvalue weighted by atomic mass is 16.5. The Morgan fingerprint density at radius 2 is 2.17 bits per heavy atom. The number of benzene rings is 1. The van der Waals surface area contributed by atoms with Crippen molar-refractivity contribution in [3.8, 4) is 17.0 Å². The Morgan fingerprint density at radius 1 is 1.33 bits per heavy atom. The van der Waals surface area contributed by atoms with Crippen molar-refractivity contribution in [3.05, 3.63) is 30.5 Å². The van der Waals surface area contributed by atoms with Crippen molar-refractivity contribution >= 4 is 12.0 Å². The van der Waals surface area contributed by atoms with E-state index in [0.717, 1.165) is 23.4 Å². The quantitative estimate of drug-likeness (QED) is 0.779. The second-order valence-electron chi connectivity index (χ2n) is 5.22. The normalized spacial score (nSPS) is 10.5. The number of nitrogens with one attached hydrogen (secondary N) is 2. The van der Waals surface area contributed by atoms with Gasteiger partial charge in [-0.05, 0) is 18.6 Å². The number of nitrogens with zero attached hydrogens (tertiary/aromatic N) is 2. The van der Waals surface area contributed by atoms with E-state index in [4.69, 9.17) is 9.47 Å². The van der Waals surface area contributed by atoms with E-state index in [1.165, 1.54) is 0 Å². The molecule has 0 atom stereocenters. The van der Waals surface area contributed by atoms with Crippen LogP contribution in [0, 0.1) is 0 Å². The Hall–Kier alpha value is -2.54. The van der Waals surface area contributed by atoms with E-state index in [0.29, 0.717) is 25.6 Å². The Bertz CT molecular complexity index is 670. The summed E-state index contributed by atoms with van der Waals surface area (Å²) in [6.07, 6.45) is 2.61. The number of amides is 2. The molecule has 0 aliphatic rings. The molecule has 0 saturated heterocycles. The molecule has 130 valence electrons. The van der Waals surface area contributed by atoms with Crippen LogP contribution in [0.1, 0.15) is 13.3 Å². The van der Waals surface area contributed by atoms with Crippen LogP contribution in [0.2, 0.25) is 0 Å². The van der Waals surface area contributed by atoms with E-state index < -0.39 is 0 Å². The zero-order valence-corrected chi connectivity index (χ0v) is 14.3. The summed E-state index contributed by atoms with van der Waals surface area (Å²) in [5.74, 6) is 1.25. The first-order valence-electron chi connectivity index (χ1n) is 7.93. The van der Waals surface area contributed by atoms with Gasteiger partial charge in [-0.2, -0.15) is 0 Å². The van der Waals surface area contributed by atoms with Crippen molar-refractivity contribution < 1.29 is 14.3 Å². The number of hydrogen-bond donors (Lipinski definition) is 2. The van der Waals surface area contributed by atoms with E-state index in [1.807, 2.05) is 35.8 Å². The summed E-state index contributed by atoms with van der Waals surface area (Å²) in [5, 5.41) is 5.56. The maximum atomic E-state index is 11.9. The van der Waals surface area contributed by atoms with Crippen LogP contribution >= 0.6 is 0 Å². The highest BCUT2D eigenvalue weighted by Crippen LogP contribution is 2.26. The maximum Gasteiger partial charge on any atom is 0.321 e. The van der Waals surface area contributed by atoms with Gasteiger partial charge in [0.25, 0.3) is 0 Å². The lowest BCUT2D eigenvalue weighted by molar-refractivity contribution is 0.188. The minimum Gasteiger partial charge on any atom is -0.497 e. The first-order valence-corrected chi connectivity index (χ1v) is 7.93. The molecule has 7 heteroatoms. The van der Waals surface area contributed by atoms with Crippen molar-refractivity contribution in [2.24, 2.45) is 0 Å². The average molecular weight is 332 g/mol. The topological polar surface area (TPSA) is 77.4 Å². The minimum absolute atomic E-state index is 0.265. The van der Waals surface area contributed by atoms with Crippen LogP contribution in [0.5, 0.6) is 5.75 Å². The molecule has 0 aliphatic heterocycles. The second kappa shape index (κ2) is 8.93. The predicted molar refractivity (Wildman–Crippen MR) is 93.4 cm³/mol. The van der Waals surface area contributed by atoms with Gasteiger partial charge < -0.3 is 19.4 Å². The van der Waals surface area contributed by atoms with Gasteiger partial charge in [0.2, 0.25) is 5.95 Å². The number of carbonyl (C=O) groups is 1. The molecule has 0 saturated carbocycles. The monoisotopic (exact) mass is 332 g/mol. The molecule has 0 aliphatic carbocycles. The summed E-state index contributed by atoms with van der Waals surface area (Å²) >= 11 is 0. The third-order valence-corrected chi connectivity index (χ3v) is 3.50. The fraction of sp³-hybridized carbons (Fsp3) is 0.412. The van der Waals surface area contributed by atoms with Gasteiger partial charge in [-0.15, -0.1) is 0 Å². The van der Waals surface area contributed by atoms with Gasteiger partial charge in [-0.25, -0.2) is 9.78 Å². The van der Waals surface area contributed by atoms with Gasteiger partial charge in [0, 0.05) is 25.8 Å². The second-order valence-corrected chi connectivity index (χ2v) is 5.22. The van der Waals surface area contributed by atoms with Crippen LogP contribution in [0.25, 0.3) is 11.3 Å². The highest BCUT2D eigenvalue weighted by Gasteiger charge is 2.14. The smallest absolute Gasteiger partial charge is 0.321 e. The lowest BCUT2D eigenvalue weighted by Gasteiger charge is -2.13. The van der Waals surface area contributed by atoms with Crippen LogP contribution in [0.3, 0.4) is 0 Å². The Labute approximate surface area is 142 Å². The molecule has 0 bridgehead atoms. The number of ether oxygens (including phenoxy) is 2. The number of anilines is 1. The number of hydrogen-bond acceptors (Lipinski definition) is 4. The van der Waals surface area contributed by atoms with Crippen molar-refractivity contribution in [3.63, 3.8) is 0 Å². The molecule has 0 spiro atoms. The number of aromatic nitrogens is 2. The molecule has 0 fully saturated rings. The van der Waals surface area contributed by atoms with E-state index in [2.05, 4.69) is 15.6 Å². The molecule has 2 rings (SSSR count). The molecular weight excluding hydrogens is 308 g/mol. The molecular formula is C17H24N4O3. The number of imidazole rings is 1. The van der Waals surface area contributed by atoms with Gasteiger partial charge >= 0.3 is 6.03 Å². The van der Waals surface area contributed by atoms with Gasteiger partial charge in [0.15, 0.2) is 0 Å². The zero-order valence-electron chi connectivity index (χ0n) is 14.3. The van der Waals surface area contributed by atoms with Crippen molar-refractivity contribution in [2.75, 3.05) is 32.7 Å². The number of rotatable bonds is 8. The van der Waals surface area contributed by atoms with Gasteiger partial charge in [0.05, 0.1) is 25.6 Å². The van der Waals surface area contributed by atoms with Crippen molar-refractivity contribution in [1.82, 2.24) is 14.9 Å². The summed E-state index contributed by atoms with van der Waals surface area (Å²) < 4.78 is 12.4. The van der Waals surface area contributed by atoms with Crippen LogP contribution in [0.15, 0.2) is 30.5 Å². The summed E-state index contributed by atoms with van der Waals surface area (Å²) in [5.41, 5.74) is 1.84. The zero-order chi connectivity index (χ0) is 17.4. The molecule has 1 aromatic heterocycles. The largest absolute Gasteiger partial charge is 0.497 e. The number of carbonyl (C=O) groups excluding carboxylic acids is 1. The lowest BCUT2D eigenvalue weighted by Crippen LogP contribution is -2.30. The third kappa shape index (κ3) is 4.48. The lowest BCUT2D eigenvalue weighted by atomic mass is 10.1. The molecule has 0 radical (unpaired) electrons. The summed E-state index contributed by atoms with van der Waals surface area (Å²) in [6.45, 7) is 3.71. The first kappa shape index (κ1) is 17.8. The third-order valence-electron chi connectivity index (χ3n) is 3.50. The summed E-state index contributed by atoms with van der Waals surface area (Å²) in [6, 6.07) is 7.45. The Morgan fingerprint density at radius 3 is 2.88 bits per heavy atom. The van der Waals surface area contributed by atoms with E-state index in [1.54, 1.807) is 20.4 Å². The fourth-order valence-corrected chi connectivity index (χ4v) is 2.28. The van der Waals surface area contributed by atoms with Crippen LogP contribution < -0.4 is 15.4 Å². The highest BCUT2D eigenvalue weighted by molar-refractivity contribution is 5.88. The molecule has 24 heavy (non-hydrogen) atoms. The van der Waals surface area contributed by atoms with Gasteiger partial charge in [-0.3, -0.25) is 5.32 Å². The van der Waals surface area contributed by atoms with Crippen molar-refractivity contribution in [2.45, 2.75) is 19.9 Å². The SMILES string of the molecule is CCCNC(=O)Nc1ncc(-c2cccc(OC)c2)n1CCOC. The molecule has 1 heterocycles. The van der Waals surface area contributed by atoms with E-state index >= 15 is 0 Å².